The van der Waals surface area contributed by atoms with Gasteiger partial charge in [0.05, 0.1) is 17.7 Å². The van der Waals surface area contributed by atoms with Crippen LogP contribution in [0.1, 0.15) is 58.1 Å². The van der Waals surface area contributed by atoms with Crippen molar-refractivity contribution in [3.8, 4) is 0 Å². The number of hydrogen-bond acceptors (Lipinski definition) is 5. The Kier molecular flexibility index (Phi) is 3.56. The van der Waals surface area contributed by atoms with E-state index in [1.807, 2.05) is 41.3 Å². The highest BCUT2D eigenvalue weighted by Crippen LogP contribution is 2.40. The Morgan fingerprint density at radius 3 is 2.93 bits per heavy atom. The molecule has 7 nitrogen and oxygen atoms in total. The number of aromatic nitrogens is 4. The van der Waals surface area contributed by atoms with Gasteiger partial charge in [0.1, 0.15) is 11.6 Å². The van der Waals surface area contributed by atoms with E-state index in [1.54, 1.807) is 12.5 Å². The van der Waals surface area contributed by atoms with Gasteiger partial charge < -0.3 is 14.3 Å². The maximum Gasteiger partial charge on any atom is 0.254 e. The van der Waals surface area contributed by atoms with E-state index in [-0.39, 0.29) is 11.9 Å². The molecule has 0 bridgehead atoms. The summed E-state index contributed by atoms with van der Waals surface area (Å²) in [5.41, 5.74) is 4.80. The molecule has 4 heterocycles. The van der Waals surface area contributed by atoms with Crippen molar-refractivity contribution in [1.82, 2.24) is 24.8 Å². The maximum atomic E-state index is 13.5. The minimum atomic E-state index is -0.314. The van der Waals surface area contributed by atoms with Gasteiger partial charge in [-0.05, 0) is 43.2 Å². The van der Waals surface area contributed by atoms with Crippen LogP contribution >= 0.6 is 0 Å². The van der Waals surface area contributed by atoms with Crippen LogP contribution in [-0.4, -0.2) is 37.3 Å². The van der Waals surface area contributed by atoms with Crippen LogP contribution in [0.4, 0.5) is 0 Å². The Bertz CT molecular complexity index is 1210. The molecule has 1 unspecified atom stereocenters. The summed E-state index contributed by atoms with van der Waals surface area (Å²) in [5, 5.41) is 0. The molecule has 29 heavy (non-hydrogen) atoms. The lowest BCUT2D eigenvalue weighted by Gasteiger charge is -2.34. The molecule has 1 aliphatic heterocycles. The quantitative estimate of drug-likeness (QED) is 0.582. The third kappa shape index (κ3) is 2.73. The van der Waals surface area contributed by atoms with Gasteiger partial charge in [0.15, 0.2) is 11.5 Å². The van der Waals surface area contributed by atoms with Gasteiger partial charge in [-0.3, -0.25) is 9.78 Å². The van der Waals surface area contributed by atoms with E-state index in [0.717, 1.165) is 47.8 Å². The van der Waals surface area contributed by atoms with Crippen LogP contribution in [0.2, 0.25) is 0 Å². The molecule has 1 saturated carbocycles. The molecule has 144 valence electrons. The first kappa shape index (κ1) is 16.5. The van der Waals surface area contributed by atoms with Gasteiger partial charge in [0.25, 0.3) is 5.91 Å². The smallest absolute Gasteiger partial charge is 0.254 e. The predicted octanol–water partition coefficient (Wildman–Crippen LogP) is 3.61. The molecule has 4 aromatic rings. The fourth-order valence-corrected chi connectivity index (χ4v) is 4.08. The Labute approximate surface area is 166 Å². The van der Waals surface area contributed by atoms with Gasteiger partial charge in [-0.25, -0.2) is 9.97 Å². The number of fused-ring (bicyclic) bond motifs is 2. The van der Waals surface area contributed by atoms with Crippen LogP contribution < -0.4 is 0 Å². The van der Waals surface area contributed by atoms with Crippen molar-refractivity contribution in [1.29, 1.82) is 0 Å². The molecular formula is C22H19N5O2. The normalized spacial score (nSPS) is 18.8. The summed E-state index contributed by atoms with van der Waals surface area (Å²) in [7, 11) is 0. The highest BCUT2D eigenvalue weighted by molar-refractivity contribution is 5.97. The summed E-state index contributed by atoms with van der Waals surface area (Å²) < 4.78 is 5.91. The number of hydrogen-bond donors (Lipinski definition) is 1. The van der Waals surface area contributed by atoms with Crippen molar-refractivity contribution in [2.75, 3.05) is 6.54 Å². The van der Waals surface area contributed by atoms with Crippen LogP contribution in [-0.2, 0) is 6.42 Å². The average molecular weight is 385 g/mol. The number of rotatable bonds is 3. The largest absolute Gasteiger partial charge is 0.440 e. The van der Waals surface area contributed by atoms with E-state index in [2.05, 4.69) is 19.9 Å². The first-order chi connectivity index (χ1) is 14.3. The van der Waals surface area contributed by atoms with E-state index in [1.165, 1.54) is 0 Å². The molecule has 1 atom stereocenters. The van der Waals surface area contributed by atoms with Crippen molar-refractivity contribution in [2.24, 2.45) is 0 Å². The number of nitrogens with one attached hydrogen (secondary N) is 1. The molecule has 1 aromatic carbocycles. The van der Waals surface area contributed by atoms with Crippen LogP contribution in [0.25, 0.3) is 11.1 Å². The third-order valence-electron chi connectivity index (χ3n) is 5.73. The van der Waals surface area contributed by atoms with Gasteiger partial charge >= 0.3 is 0 Å². The van der Waals surface area contributed by atoms with Gasteiger partial charge in [0, 0.05) is 36.3 Å². The zero-order valence-corrected chi connectivity index (χ0v) is 15.7. The lowest BCUT2D eigenvalue weighted by molar-refractivity contribution is 0.0687. The molecule has 0 radical (unpaired) electrons. The molecule has 2 aliphatic rings. The number of aromatic amines is 1. The van der Waals surface area contributed by atoms with E-state index in [0.29, 0.717) is 23.6 Å². The highest BCUT2D eigenvalue weighted by Gasteiger charge is 2.35. The second kappa shape index (κ2) is 6.27. The van der Waals surface area contributed by atoms with Crippen molar-refractivity contribution in [2.45, 2.75) is 31.2 Å². The molecule has 0 saturated heterocycles. The van der Waals surface area contributed by atoms with Crippen molar-refractivity contribution in [3.05, 3.63) is 77.5 Å². The predicted molar refractivity (Wildman–Crippen MR) is 105 cm³/mol. The van der Waals surface area contributed by atoms with E-state index in [9.17, 15) is 4.79 Å². The van der Waals surface area contributed by atoms with Crippen LogP contribution in [0.5, 0.6) is 0 Å². The van der Waals surface area contributed by atoms with Gasteiger partial charge in [0.2, 0.25) is 0 Å². The molecule has 0 spiro atoms. The van der Waals surface area contributed by atoms with E-state index in [4.69, 9.17) is 4.42 Å². The maximum absolute atomic E-state index is 13.5. The van der Waals surface area contributed by atoms with Gasteiger partial charge in [-0.1, -0.05) is 6.07 Å². The number of oxazole rings is 1. The number of carbonyl (C=O) groups is 1. The molecular weight excluding hydrogens is 366 g/mol. The summed E-state index contributed by atoms with van der Waals surface area (Å²) in [5.74, 6) is 1.17. The van der Waals surface area contributed by atoms with Crippen LogP contribution in [0.15, 0.2) is 53.3 Å². The SMILES string of the molecule is O=C(c1ccc2nc(C3CC3)oc2c1)N1CCc2[nH]cnc2C1c1ccccn1. The standard InChI is InChI=1S/C22H19N5O2/c28-22(14-6-7-15-18(11-14)29-21(26-15)13-4-5-13)27-10-8-16-19(25-12-24-16)20(27)17-3-1-2-9-23-17/h1-3,6-7,9,11-13,20H,4-5,8,10H2,(H,24,25). The minimum Gasteiger partial charge on any atom is -0.440 e. The number of pyridine rings is 1. The first-order valence-corrected chi connectivity index (χ1v) is 9.92. The molecule has 1 N–H and O–H groups in total. The van der Waals surface area contributed by atoms with Crippen LogP contribution in [0.3, 0.4) is 0 Å². The number of carbonyl (C=O) groups excluding carboxylic acids is 1. The topological polar surface area (TPSA) is 87.9 Å². The second-order valence-corrected chi connectivity index (χ2v) is 7.68. The molecule has 1 fully saturated rings. The number of nitrogens with zero attached hydrogens (tertiary/aromatic N) is 4. The zero-order valence-electron chi connectivity index (χ0n) is 15.7. The van der Waals surface area contributed by atoms with E-state index < -0.39 is 0 Å². The summed E-state index contributed by atoms with van der Waals surface area (Å²) in [6.07, 6.45) is 6.43. The zero-order chi connectivity index (χ0) is 19.4. The van der Waals surface area contributed by atoms with Crippen molar-refractivity contribution < 1.29 is 9.21 Å². The number of benzene rings is 1. The van der Waals surface area contributed by atoms with Gasteiger partial charge in [-0.15, -0.1) is 0 Å². The fraction of sp³-hybridized carbons (Fsp3) is 0.273. The number of H-pyrrole nitrogens is 1. The molecule has 3 aromatic heterocycles. The average Bonchev–Trinajstić information content (AvgIpc) is 3.35. The lowest BCUT2D eigenvalue weighted by atomic mass is 9.98. The lowest BCUT2D eigenvalue weighted by Crippen LogP contribution is -2.41. The Morgan fingerprint density at radius 1 is 1.17 bits per heavy atom. The van der Waals surface area contributed by atoms with E-state index >= 15 is 0 Å². The Balaban J connectivity index is 1.39. The summed E-state index contributed by atoms with van der Waals surface area (Å²) in [4.78, 5) is 32.1. The van der Waals surface area contributed by atoms with Gasteiger partial charge in [-0.2, -0.15) is 0 Å². The highest BCUT2D eigenvalue weighted by atomic mass is 16.3. The fourth-order valence-electron chi connectivity index (χ4n) is 4.08. The second-order valence-electron chi connectivity index (χ2n) is 7.68. The first-order valence-electron chi connectivity index (χ1n) is 9.92. The molecule has 7 heteroatoms. The summed E-state index contributed by atoms with van der Waals surface area (Å²) in [6, 6.07) is 11.0. The molecule has 1 aliphatic carbocycles. The minimum absolute atomic E-state index is 0.0550. The number of amides is 1. The molecule has 6 rings (SSSR count). The van der Waals surface area contributed by atoms with Crippen molar-refractivity contribution >= 4 is 17.0 Å². The van der Waals surface area contributed by atoms with Crippen LogP contribution in [0, 0.1) is 0 Å². The Hall–Kier alpha value is -3.48. The summed E-state index contributed by atoms with van der Waals surface area (Å²) in [6.45, 7) is 0.594. The summed E-state index contributed by atoms with van der Waals surface area (Å²) >= 11 is 0. The monoisotopic (exact) mass is 385 g/mol. The molecule has 1 amide bonds. The Morgan fingerprint density at radius 2 is 2.10 bits per heavy atom. The number of imidazole rings is 1. The third-order valence-corrected chi connectivity index (χ3v) is 5.73. The van der Waals surface area contributed by atoms with Crippen molar-refractivity contribution in [3.63, 3.8) is 0 Å².